The first-order chi connectivity index (χ1) is 13.5. The van der Waals surface area contributed by atoms with E-state index in [1.54, 1.807) is 18.0 Å². The largest absolute Gasteiger partial charge is 0.493 e. The molecule has 1 fully saturated rings. The van der Waals surface area contributed by atoms with Crippen molar-refractivity contribution in [3.05, 3.63) is 42.2 Å². The molecule has 0 bridgehead atoms. The van der Waals surface area contributed by atoms with Crippen LogP contribution in [-0.4, -0.2) is 28.8 Å². The summed E-state index contributed by atoms with van der Waals surface area (Å²) in [5.41, 5.74) is 1.06. The number of nitrogens with one attached hydrogen (secondary N) is 1. The number of aromatic nitrogens is 2. The Morgan fingerprint density at radius 2 is 2.07 bits per heavy atom. The lowest BCUT2D eigenvalue weighted by Crippen LogP contribution is -2.37. The SMILES string of the molecule is COc1cc(CCC(=O)N[C@H]2CC[C@H](C)CC2)ccc1OC(C)n1cccn1. The highest BCUT2D eigenvalue weighted by Crippen LogP contribution is 2.31. The number of hydrogen-bond acceptors (Lipinski definition) is 4. The molecule has 1 saturated carbocycles. The number of nitrogens with zero attached hydrogens (tertiary/aromatic N) is 2. The third kappa shape index (κ3) is 5.50. The highest BCUT2D eigenvalue weighted by atomic mass is 16.5. The predicted molar refractivity (Wildman–Crippen MR) is 108 cm³/mol. The van der Waals surface area contributed by atoms with E-state index in [-0.39, 0.29) is 12.1 Å². The normalized spacial score (nSPS) is 20.4. The lowest BCUT2D eigenvalue weighted by Gasteiger charge is -2.26. The maximum absolute atomic E-state index is 12.3. The van der Waals surface area contributed by atoms with Gasteiger partial charge in [-0.3, -0.25) is 4.79 Å². The number of rotatable bonds is 8. The van der Waals surface area contributed by atoms with E-state index < -0.39 is 0 Å². The van der Waals surface area contributed by atoms with Gasteiger partial charge in [-0.05, 0) is 68.7 Å². The quantitative estimate of drug-likeness (QED) is 0.742. The molecule has 152 valence electrons. The fraction of sp³-hybridized carbons (Fsp3) is 0.545. The van der Waals surface area contributed by atoms with Crippen molar-refractivity contribution < 1.29 is 14.3 Å². The first-order valence-electron chi connectivity index (χ1n) is 10.2. The van der Waals surface area contributed by atoms with Gasteiger partial charge in [0.25, 0.3) is 0 Å². The van der Waals surface area contributed by atoms with Gasteiger partial charge in [-0.1, -0.05) is 13.0 Å². The van der Waals surface area contributed by atoms with Crippen molar-refractivity contribution in [2.45, 2.75) is 64.6 Å². The van der Waals surface area contributed by atoms with Crippen LogP contribution in [0, 0.1) is 5.92 Å². The van der Waals surface area contributed by atoms with E-state index in [2.05, 4.69) is 17.3 Å². The van der Waals surface area contributed by atoms with Crippen molar-refractivity contribution in [3.8, 4) is 11.5 Å². The summed E-state index contributed by atoms with van der Waals surface area (Å²) in [7, 11) is 1.63. The molecule has 28 heavy (non-hydrogen) atoms. The van der Waals surface area contributed by atoms with Crippen molar-refractivity contribution in [2.75, 3.05) is 7.11 Å². The zero-order chi connectivity index (χ0) is 19.9. The van der Waals surface area contributed by atoms with Crippen LogP contribution in [0.1, 0.15) is 57.7 Å². The number of carbonyl (C=O) groups is 1. The van der Waals surface area contributed by atoms with Crippen LogP contribution in [0.25, 0.3) is 0 Å². The molecule has 1 amide bonds. The Morgan fingerprint density at radius 3 is 2.75 bits per heavy atom. The molecule has 1 N–H and O–H groups in total. The lowest BCUT2D eigenvalue weighted by molar-refractivity contribution is -0.122. The monoisotopic (exact) mass is 385 g/mol. The maximum atomic E-state index is 12.3. The molecule has 0 spiro atoms. The van der Waals surface area contributed by atoms with Crippen LogP contribution in [0.3, 0.4) is 0 Å². The molecule has 3 rings (SSSR count). The van der Waals surface area contributed by atoms with Crippen LogP contribution in [-0.2, 0) is 11.2 Å². The fourth-order valence-electron chi connectivity index (χ4n) is 3.66. The topological polar surface area (TPSA) is 65.4 Å². The summed E-state index contributed by atoms with van der Waals surface area (Å²) in [6.45, 7) is 4.21. The van der Waals surface area contributed by atoms with E-state index in [9.17, 15) is 4.79 Å². The molecule has 1 heterocycles. The Balaban J connectivity index is 1.52. The van der Waals surface area contributed by atoms with Crippen LogP contribution >= 0.6 is 0 Å². The van der Waals surface area contributed by atoms with Gasteiger partial charge in [0.15, 0.2) is 17.7 Å². The van der Waals surface area contributed by atoms with E-state index in [0.29, 0.717) is 30.4 Å². The Morgan fingerprint density at radius 1 is 1.29 bits per heavy atom. The zero-order valence-corrected chi connectivity index (χ0v) is 17.1. The van der Waals surface area contributed by atoms with Gasteiger partial charge >= 0.3 is 0 Å². The standard InChI is InChI=1S/C22H31N3O3/c1-16-5-9-19(10-6-16)24-22(26)12-8-18-7-11-20(21(15-18)27-3)28-17(2)25-14-4-13-23-25/h4,7,11,13-17,19H,5-6,8-10,12H2,1-3H3,(H,24,26)/t16-,17?,19-. The molecule has 0 saturated heterocycles. The fourth-order valence-corrected chi connectivity index (χ4v) is 3.66. The number of carbonyl (C=O) groups excluding carboxylic acids is 1. The minimum absolute atomic E-state index is 0.131. The molecule has 6 nitrogen and oxygen atoms in total. The van der Waals surface area contributed by atoms with E-state index in [1.807, 2.05) is 37.4 Å². The average Bonchev–Trinajstić information content (AvgIpc) is 3.24. The van der Waals surface area contributed by atoms with Gasteiger partial charge in [0.1, 0.15) is 0 Å². The van der Waals surface area contributed by atoms with Gasteiger partial charge in [-0.15, -0.1) is 0 Å². The first-order valence-corrected chi connectivity index (χ1v) is 10.2. The highest BCUT2D eigenvalue weighted by Gasteiger charge is 2.19. The smallest absolute Gasteiger partial charge is 0.220 e. The van der Waals surface area contributed by atoms with Crippen LogP contribution in [0.2, 0.25) is 0 Å². The number of methoxy groups -OCH3 is 1. The van der Waals surface area contributed by atoms with Gasteiger partial charge in [-0.25, -0.2) is 4.68 Å². The molecular weight excluding hydrogens is 354 g/mol. The van der Waals surface area contributed by atoms with Crippen LogP contribution < -0.4 is 14.8 Å². The Hall–Kier alpha value is -2.50. The van der Waals surface area contributed by atoms with E-state index in [1.165, 1.54) is 12.8 Å². The molecule has 1 atom stereocenters. The second-order valence-corrected chi connectivity index (χ2v) is 7.71. The van der Waals surface area contributed by atoms with Gasteiger partial charge in [0.05, 0.1) is 7.11 Å². The van der Waals surface area contributed by atoms with Gasteiger partial charge in [0, 0.05) is 24.9 Å². The molecule has 1 aromatic heterocycles. The summed E-state index contributed by atoms with van der Waals surface area (Å²) in [5, 5.41) is 7.38. The zero-order valence-electron chi connectivity index (χ0n) is 17.1. The number of ether oxygens (including phenoxy) is 2. The molecular formula is C22H31N3O3. The summed E-state index contributed by atoms with van der Waals surface area (Å²) < 4.78 is 13.2. The minimum Gasteiger partial charge on any atom is -0.493 e. The summed E-state index contributed by atoms with van der Waals surface area (Å²) >= 11 is 0. The first kappa shape index (κ1) is 20.2. The number of benzene rings is 1. The molecule has 1 aromatic carbocycles. The van der Waals surface area contributed by atoms with Crippen molar-refractivity contribution in [1.29, 1.82) is 0 Å². The molecule has 1 aliphatic rings. The Bertz CT molecular complexity index is 752. The third-order valence-electron chi connectivity index (χ3n) is 5.44. The second kappa shape index (κ2) is 9.62. The summed E-state index contributed by atoms with van der Waals surface area (Å²) in [5.74, 6) is 2.25. The van der Waals surface area contributed by atoms with Crippen LogP contribution in [0.4, 0.5) is 0 Å². The summed E-state index contributed by atoms with van der Waals surface area (Å²) in [6, 6.07) is 8.04. The van der Waals surface area contributed by atoms with E-state index in [0.717, 1.165) is 24.3 Å². The van der Waals surface area contributed by atoms with Gasteiger partial charge in [0.2, 0.25) is 5.91 Å². The Labute approximate surface area is 167 Å². The average molecular weight is 386 g/mol. The summed E-state index contributed by atoms with van der Waals surface area (Å²) in [6.07, 6.45) is 9.12. The molecule has 1 unspecified atom stereocenters. The van der Waals surface area contributed by atoms with E-state index in [4.69, 9.17) is 9.47 Å². The van der Waals surface area contributed by atoms with Crippen LogP contribution in [0.15, 0.2) is 36.7 Å². The number of aryl methyl sites for hydroxylation is 1. The molecule has 2 aromatic rings. The van der Waals surface area contributed by atoms with Crippen molar-refractivity contribution in [1.82, 2.24) is 15.1 Å². The predicted octanol–water partition coefficient (Wildman–Crippen LogP) is 4.12. The van der Waals surface area contributed by atoms with E-state index >= 15 is 0 Å². The van der Waals surface area contributed by atoms with Crippen molar-refractivity contribution >= 4 is 5.91 Å². The Kier molecular flexibility index (Phi) is 6.95. The van der Waals surface area contributed by atoms with Crippen LogP contribution in [0.5, 0.6) is 11.5 Å². The molecule has 6 heteroatoms. The maximum Gasteiger partial charge on any atom is 0.220 e. The van der Waals surface area contributed by atoms with Crippen molar-refractivity contribution in [2.24, 2.45) is 5.92 Å². The van der Waals surface area contributed by atoms with Crippen molar-refractivity contribution in [3.63, 3.8) is 0 Å². The summed E-state index contributed by atoms with van der Waals surface area (Å²) in [4.78, 5) is 12.3. The van der Waals surface area contributed by atoms with Gasteiger partial charge in [-0.2, -0.15) is 5.10 Å². The molecule has 0 radical (unpaired) electrons. The number of hydrogen-bond donors (Lipinski definition) is 1. The lowest BCUT2D eigenvalue weighted by atomic mass is 9.87. The van der Waals surface area contributed by atoms with Gasteiger partial charge < -0.3 is 14.8 Å². The molecule has 0 aliphatic heterocycles. The third-order valence-corrected chi connectivity index (χ3v) is 5.44. The number of amides is 1. The minimum atomic E-state index is -0.237. The second-order valence-electron chi connectivity index (χ2n) is 7.71. The molecule has 1 aliphatic carbocycles. The highest BCUT2D eigenvalue weighted by molar-refractivity contribution is 5.76.